The van der Waals surface area contributed by atoms with Gasteiger partial charge in [-0.3, -0.25) is 28.6 Å². The summed E-state index contributed by atoms with van der Waals surface area (Å²) in [7, 11) is -4.02. The van der Waals surface area contributed by atoms with Gasteiger partial charge in [-0.15, -0.1) is 0 Å². The minimum absolute atomic E-state index is 0.0691. The highest BCUT2D eigenvalue weighted by molar-refractivity contribution is 8.13. The summed E-state index contributed by atoms with van der Waals surface area (Å²) in [6.45, 7) is 4.27. The van der Waals surface area contributed by atoms with Crippen LogP contribution in [-0.2, 0) is 39.2 Å². The molecule has 6 atom stereocenters. The molecule has 3 unspecified atom stereocenters. The number of anilines is 1. The van der Waals surface area contributed by atoms with Crippen LogP contribution in [-0.4, -0.2) is 82.0 Å². The molecule has 5 rings (SSSR count). The van der Waals surface area contributed by atoms with Gasteiger partial charge in [0.15, 0.2) is 22.5 Å². The van der Waals surface area contributed by atoms with Crippen LogP contribution in [0.3, 0.4) is 0 Å². The zero-order valence-electron chi connectivity index (χ0n) is 24.3. The number of benzene rings is 1. The van der Waals surface area contributed by atoms with Gasteiger partial charge >= 0.3 is 13.9 Å². The second-order valence-electron chi connectivity index (χ2n) is 11.3. The smallest absolute Gasteiger partial charge is 0.424 e. The second-order valence-corrected chi connectivity index (χ2v) is 14.2. The number of aliphatic hydroxyl groups is 1. The van der Waals surface area contributed by atoms with Gasteiger partial charge in [-0.05, 0) is 26.3 Å². The van der Waals surface area contributed by atoms with Crippen molar-refractivity contribution >= 4 is 48.6 Å². The van der Waals surface area contributed by atoms with Gasteiger partial charge < -0.3 is 25.1 Å². The quantitative estimate of drug-likeness (QED) is 0.139. The number of fused-ring (bicyclic) bond motifs is 2. The Hall–Kier alpha value is -3.11. The number of nitrogens with one attached hydrogen (secondary N) is 2. The lowest BCUT2D eigenvalue weighted by Crippen LogP contribution is -2.46. The first-order valence-electron chi connectivity index (χ1n) is 13.8. The average molecular weight is 652 g/mol. The van der Waals surface area contributed by atoms with Gasteiger partial charge in [-0.1, -0.05) is 42.1 Å². The maximum Gasteiger partial charge on any atom is 0.509 e. The van der Waals surface area contributed by atoms with Gasteiger partial charge in [-0.25, -0.2) is 19.4 Å². The van der Waals surface area contributed by atoms with E-state index in [0.29, 0.717) is 0 Å². The third-order valence-corrected chi connectivity index (χ3v) is 10.3. The Labute approximate surface area is 256 Å². The number of carbonyl (C=O) groups excluding carboxylic acids is 2. The average Bonchev–Trinajstić information content (AvgIpc) is 3.62. The van der Waals surface area contributed by atoms with Crippen LogP contribution >= 0.6 is 19.5 Å². The highest BCUT2D eigenvalue weighted by Crippen LogP contribution is 2.50. The van der Waals surface area contributed by atoms with Crippen molar-refractivity contribution in [2.75, 3.05) is 31.3 Å². The van der Waals surface area contributed by atoms with Crippen molar-refractivity contribution in [2.45, 2.75) is 57.1 Å². The van der Waals surface area contributed by atoms with Crippen molar-refractivity contribution in [3.8, 4) is 0 Å². The van der Waals surface area contributed by atoms with E-state index in [4.69, 9.17) is 29.0 Å². The number of H-pyrrole nitrogens is 1. The maximum atomic E-state index is 13.9. The monoisotopic (exact) mass is 651 g/mol. The molecule has 2 fully saturated rings. The Morgan fingerprint density at radius 3 is 2.73 bits per heavy atom. The molecule has 0 radical (unpaired) electrons. The molecule has 1 aromatic heterocycles. The number of rotatable bonds is 13. The molecule has 0 saturated carbocycles. The molecule has 2 saturated heterocycles. The molecule has 2 aromatic rings. The summed E-state index contributed by atoms with van der Waals surface area (Å²) in [5.74, 6) is -0.656. The van der Waals surface area contributed by atoms with Gasteiger partial charge in [0, 0.05) is 18.5 Å². The first-order valence-corrected chi connectivity index (χ1v) is 16.3. The SMILES string of the molecule is CC(C)(CO)C(=O)SCCOP(=O)(NCc1ccccc1)OC[C@H]1O[C@H](C2C=Nc3c2nc(N)[nH]c3=O)C2(C)OC(=O)O[C@@H]12. The topological polar surface area (TPSA) is 214 Å². The number of hydrogen-bond acceptors (Lipinski definition) is 14. The third-order valence-electron chi connectivity index (χ3n) is 7.52. The molecule has 3 aliphatic heterocycles. The molecule has 0 amide bonds. The number of aliphatic imine (C=N–C) groups is 1. The minimum atomic E-state index is -4.02. The van der Waals surface area contributed by atoms with Crippen LogP contribution < -0.4 is 16.4 Å². The molecule has 0 aliphatic carbocycles. The zero-order valence-corrected chi connectivity index (χ0v) is 26.0. The Morgan fingerprint density at radius 1 is 1.25 bits per heavy atom. The Balaban J connectivity index is 1.30. The van der Waals surface area contributed by atoms with Crippen molar-refractivity contribution in [1.29, 1.82) is 0 Å². The van der Waals surface area contributed by atoms with Crippen LogP contribution in [0.5, 0.6) is 0 Å². The van der Waals surface area contributed by atoms with E-state index >= 15 is 0 Å². The molecule has 44 heavy (non-hydrogen) atoms. The summed E-state index contributed by atoms with van der Waals surface area (Å²) < 4.78 is 42.7. The van der Waals surface area contributed by atoms with Crippen LogP contribution in [0.1, 0.15) is 37.9 Å². The van der Waals surface area contributed by atoms with Gasteiger partial charge in [-0.2, -0.15) is 0 Å². The van der Waals surface area contributed by atoms with E-state index in [0.717, 1.165) is 17.3 Å². The zero-order chi connectivity index (χ0) is 31.7. The van der Waals surface area contributed by atoms with Gasteiger partial charge in [0.25, 0.3) is 5.56 Å². The fourth-order valence-corrected chi connectivity index (χ4v) is 7.29. The van der Waals surface area contributed by atoms with E-state index in [-0.39, 0.29) is 54.6 Å². The number of thioether (sulfide) groups is 1. The van der Waals surface area contributed by atoms with Crippen molar-refractivity contribution in [3.63, 3.8) is 0 Å². The fourth-order valence-electron chi connectivity index (χ4n) is 5.05. The third kappa shape index (κ3) is 6.61. The highest BCUT2D eigenvalue weighted by Gasteiger charge is 2.65. The van der Waals surface area contributed by atoms with E-state index < -0.39 is 54.7 Å². The molecular weight excluding hydrogens is 617 g/mol. The number of nitrogens with two attached hydrogens (primary N) is 1. The number of nitrogens with zero attached hydrogens (tertiary/aromatic N) is 2. The maximum absolute atomic E-state index is 13.9. The second kappa shape index (κ2) is 12.7. The molecular formula is C27H34N5O10PS. The van der Waals surface area contributed by atoms with Crippen LogP contribution in [0.4, 0.5) is 16.4 Å². The molecule has 5 N–H and O–H groups in total. The summed E-state index contributed by atoms with van der Waals surface area (Å²) >= 11 is 0.951. The number of hydrogen-bond donors (Lipinski definition) is 4. The van der Waals surface area contributed by atoms with E-state index in [2.05, 4.69) is 20.0 Å². The fraction of sp³-hybridized carbons (Fsp3) is 0.519. The van der Waals surface area contributed by atoms with E-state index in [9.17, 15) is 24.1 Å². The molecule has 1 aromatic carbocycles. The number of aliphatic hydroxyl groups excluding tert-OH is 1. The minimum Gasteiger partial charge on any atom is -0.424 e. The summed E-state index contributed by atoms with van der Waals surface area (Å²) in [6, 6.07) is 9.18. The lowest BCUT2D eigenvalue weighted by Gasteiger charge is -2.28. The van der Waals surface area contributed by atoms with Crippen LogP contribution in [0.2, 0.25) is 0 Å². The van der Waals surface area contributed by atoms with E-state index in [1.807, 2.05) is 30.3 Å². The standard InChI is InChI=1S/C27H34N5O10PS/c1-26(2,14-33)23(35)44-10-9-38-43(37,30-11-15-7-5-4-6-8-15)39-13-17-21-27(3,42-25(36)41-21)20(40-17)16-12-29-19-18(16)31-24(28)32-22(19)34/h4-8,12,16-17,20-21,33H,9-11,13-14H2,1-3H3,(H,30,37)(H3,28,31,32,34)/t16?,17-,20-,21+,27?,43?/m1/s1. The summed E-state index contributed by atoms with van der Waals surface area (Å²) in [6.07, 6.45) is -2.26. The predicted molar refractivity (Wildman–Crippen MR) is 160 cm³/mol. The molecule has 238 valence electrons. The van der Waals surface area contributed by atoms with Crippen molar-refractivity contribution in [3.05, 3.63) is 51.9 Å². The highest BCUT2D eigenvalue weighted by atomic mass is 32.2. The lowest BCUT2D eigenvalue weighted by atomic mass is 9.84. The van der Waals surface area contributed by atoms with Crippen molar-refractivity contribution in [1.82, 2.24) is 15.1 Å². The summed E-state index contributed by atoms with van der Waals surface area (Å²) in [5.41, 5.74) is 4.13. The van der Waals surface area contributed by atoms with Crippen LogP contribution in [0, 0.1) is 5.41 Å². The van der Waals surface area contributed by atoms with Crippen LogP contribution in [0.15, 0.2) is 40.1 Å². The number of ether oxygens (including phenoxy) is 3. The summed E-state index contributed by atoms with van der Waals surface area (Å²) in [5, 5.41) is 12.0. The van der Waals surface area contributed by atoms with Crippen molar-refractivity contribution < 1.29 is 42.5 Å². The summed E-state index contributed by atoms with van der Waals surface area (Å²) in [4.78, 5) is 47.8. The number of aromatic nitrogens is 2. The first kappa shape index (κ1) is 32.3. The van der Waals surface area contributed by atoms with Gasteiger partial charge in [0.1, 0.15) is 12.2 Å². The Morgan fingerprint density at radius 2 is 2.00 bits per heavy atom. The van der Waals surface area contributed by atoms with Crippen LogP contribution in [0.25, 0.3) is 0 Å². The number of nitrogen functional groups attached to an aromatic ring is 1. The molecule has 0 bridgehead atoms. The number of aromatic amines is 1. The molecule has 17 heteroatoms. The van der Waals surface area contributed by atoms with E-state index in [1.165, 1.54) is 6.21 Å². The Bertz CT molecular complexity index is 1540. The van der Waals surface area contributed by atoms with Gasteiger partial charge in [0.05, 0.1) is 36.8 Å². The predicted octanol–water partition coefficient (Wildman–Crippen LogP) is 2.42. The molecule has 15 nitrogen and oxygen atoms in total. The largest absolute Gasteiger partial charge is 0.509 e. The Kier molecular flexibility index (Phi) is 9.33. The molecule has 4 heterocycles. The van der Waals surface area contributed by atoms with E-state index in [1.54, 1.807) is 20.8 Å². The molecule has 0 spiro atoms. The van der Waals surface area contributed by atoms with Crippen molar-refractivity contribution in [2.24, 2.45) is 10.4 Å². The lowest BCUT2D eigenvalue weighted by molar-refractivity contribution is -0.119. The first-order chi connectivity index (χ1) is 20.8. The number of carbonyl (C=O) groups is 2. The molecule has 3 aliphatic rings. The van der Waals surface area contributed by atoms with Gasteiger partial charge in [0.2, 0.25) is 5.95 Å². The normalized spacial score (nSPS) is 27.0.